The number of fused-ring (bicyclic) bond motifs is 1. The summed E-state index contributed by atoms with van der Waals surface area (Å²) in [5, 5.41) is 0. The minimum Gasteiger partial charge on any atom is -0.426 e. The van der Waals surface area contributed by atoms with Crippen LogP contribution >= 0.6 is 15.9 Å². The van der Waals surface area contributed by atoms with Crippen molar-refractivity contribution in [2.75, 3.05) is 31.2 Å². The molecule has 2 aliphatic heterocycles. The van der Waals surface area contributed by atoms with E-state index in [1.54, 1.807) is 0 Å². The van der Waals surface area contributed by atoms with Gasteiger partial charge in [-0.05, 0) is 35.3 Å². The first-order valence-electron chi connectivity index (χ1n) is 6.47. The molecule has 102 valence electrons. The molecular weight excluding hydrogens is 310 g/mol. The summed E-state index contributed by atoms with van der Waals surface area (Å²) in [5.41, 5.74) is 3.19. The second-order valence-electron chi connectivity index (χ2n) is 4.99. The summed E-state index contributed by atoms with van der Waals surface area (Å²) in [5.74, 6) is 0.369. The quantitative estimate of drug-likeness (QED) is 0.587. The van der Waals surface area contributed by atoms with Crippen LogP contribution in [0.4, 0.5) is 5.69 Å². The number of carbonyl (C=O) groups excluding carboxylic acids is 1. The minimum atomic E-state index is -0.176. The largest absolute Gasteiger partial charge is 0.426 e. The molecule has 1 saturated heterocycles. The molecule has 0 aliphatic carbocycles. The SMILES string of the molecule is Cc1c(Br)c(N2CCOCC2)cc2c1C(C)C(=O)O2. The van der Waals surface area contributed by atoms with Crippen LogP contribution < -0.4 is 9.64 Å². The van der Waals surface area contributed by atoms with Crippen molar-refractivity contribution in [3.63, 3.8) is 0 Å². The van der Waals surface area contributed by atoms with E-state index in [0.717, 1.165) is 47.6 Å². The molecule has 0 bridgehead atoms. The van der Waals surface area contributed by atoms with Crippen molar-refractivity contribution >= 4 is 27.6 Å². The lowest BCUT2D eigenvalue weighted by atomic mass is 9.97. The van der Waals surface area contributed by atoms with E-state index >= 15 is 0 Å². The molecule has 2 aliphatic rings. The zero-order valence-corrected chi connectivity index (χ0v) is 12.6. The first-order chi connectivity index (χ1) is 9.09. The van der Waals surface area contributed by atoms with E-state index in [4.69, 9.17) is 9.47 Å². The van der Waals surface area contributed by atoms with Crippen LogP contribution in [0.3, 0.4) is 0 Å². The van der Waals surface area contributed by atoms with Crippen molar-refractivity contribution in [2.45, 2.75) is 19.8 Å². The summed E-state index contributed by atoms with van der Waals surface area (Å²) >= 11 is 3.67. The Morgan fingerprint density at radius 1 is 1.37 bits per heavy atom. The van der Waals surface area contributed by atoms with Gasteiger partial charge >= 0.3 is 5.97 Å². The van der Waals surface area contributed by atoms with E-state index in [9.17, 15) is 4.79 Å². The van der Waals surface area contributed by atoms with E-state index in [0.29, 0.717) is 5.75 Å². The van der Waals surface area contributed by atoms with Gasteiger partial charge in [0, 0.05) is 29.2 Å². The molecule has 0 saturated carbocycles. The molecule has 0 N–H and O–H groups in total. The summed E-state index contributed by atoms with van der Waals surface area (Å²) < 4.78 is 11.8. The maximum atomic E-state index is 11.7. The van der Waals surface area contributed by atoms with Crippen molar-refractivity contribution in [1.82, 2.24) is 0 Å². The van der Waals surface area contributed by atoms with E-state index < -0.39 is 0 Å². The number of anilines is 1. The molecule has 1 atom stereocenters. The molecule has 1 aromatic rings. The fourth-order valence-electron chi connectivity index (χ4n) is 2.73. The van der Waals surface area contributed by atoms with Crippen molar-refractivity contribution in [1.29, 1.82) is 0 Å². The highest BCUT2D eigenvalue weighted by atomic mass is 79.9. The van der Waals surface area contributed by atoms with Gasteiger partial charge in [-0.1, -0.05) is 0 Å². The van der Waals surface area contributed by atoms with Gasteiger partial charge in [0.05, 0.1) is 24.8 Å². The van der Waals surface area contributed by atoms with Crippen LogP contribution in [0.15, 0.2) is 10.5 Å². The van der Waals surface area contributed by atoms with Gasteiger partial charge in [-0.25, -0.2) is 0 Å². The monoisotopic (exact) mass is 325 g/mol. The predicted molar refractivity (Wildman–Crippen MR) is 76.0 cm³/mol. The Morgan fingerprint density at radius 3 is 2.74 bits per heavy atom. The molecule has 5 heteroatoms. The van der Waals surface area contributed by atoms with Crippen LogP contribution in [0.5, 0.6) is 5.75 Å². The topological polar surface area (TPSA) is 38.8 Å². The predicted octanol–water partition coefficient (Wildman–Crippen LogP) is 2.62. The summed E-state index contributed by atoms with van der Waals surface area (Å²) in [6.07, 6.45) is 0. The third kappa shape index (κ3) is 2.05. The molecule has 0 aromatic heterocycles. The first kappa shape index (κ1) is 12.9. The summed E-state index contributed by atoms with van der Waals surface area (Å²) in [6, 6.07) is 1.97. The molecule has 2 heterocycles. The number of rotatable bonds is 1. The molecule has 0 radical (unpaired) electrons. The lowest BCUT2D eigenvalue weighted by molar-refractivity contribution is -0.133. The third-order valence-corrected chi connectivity index (χ3v) is 4.84. The van der Waals surface area contributed by atoms with E-state index in [1.807, 2.05) is 19.9 Å². The standard InChI is InChI=1S/C14H16BrNO3/c1-8-12-9(2)14(17)19-11(12)7-10(13(8)15)16-3-5-18-6-4-16/h7,9H,3-6H2,1-2H3. The maximum Gasteiger partial charge on any atom is 0.318 e. The Balaban J connectivity index is 2.06. The van der Waals surface area contributed by atoms with Crippen molar-refractivity contribution in [3.8, 4) is 5.75 Å². The Morgan fingerprint density at radius 2 is 2.05 bits per heavy atom. The second kappa shape index (κ2) is 4.80. The average Bonchev–Trinajstić information content (AvgIpc) is 2.70. The zero-order chi connectivity index (χ0) is 13.6. The number of benzene rings is 1. The number of carbonyl (C=O) groups is 1. The highest BCUT2D eigenvalue weighted by Gasteiger charge is 2.33. The number of ether oxygens (including phenoxy) is 2. The number of hydrogen-bond donors (Lipinski definition) is 0. The summed E-state index contributed by atoms with van der Waals surface area (Å²) in [4.78, 5) is 14.0. The zero-order valence-electron chi connectivity index (χ0n) is 11.0. The number of halogens is 1. The number of morpholine rings is 1. The first-order valence-corrected chi connectivity index (χ1v) is 7.26. The van der Waals surface area contributed by atoms with E-state index in [-0.39, 0.29) is 11.9 Å². The van der Waals surface area contributed by atoms with Gasteiger partial charge in [-0.15, -0.1) is 0 Å². The highest BCUT2D eigenvalue weighted by Crippen LogP contribution is 2.44. The Bertz CT molecular complexity index is 538. The second-order valence-corrected chi connectivity index (χ2v) is 5.78. The van der Waals surface area contributed by atoms with Crippen molar-refractivity contribution < 1.29 is 14.3 Å². The van der Waals surface area contributed by atoms with Gasteiger partial charge < -0.3 is 14.4 Å². The fourth-order valence-corrected chi connectivity index (χ4v) is 3.31. The molecule has 3 rings (SSSR count). The number of hydrogen-bond acceptors (Lipinski definition) is 4. The van der Waals surface area contributed by atoms with Crippen LogP contribution in [0.1, 0.15) is 24.0 Å². The summed E-state index contributed by atoms with van der Waals surface area (Å²) in [6.45, 7) is 7.12. The van der Waals surface area contributed by atoms with Crippen LogP contribution in [0.25, 0.3) is 0 Å². The van der Waals surface area contributed by atoms with Crippen LogP contribution in [0.2, 0.25) is 0 Å². The van der Waals surface area contributed by atoms with Gasteiger partial charge in [0.1, 0.15) is 5.75 Å². The van der Waals surface area contributed by atoms with Gasteiger partial charge in [0.25, 0.3) is 0 Å². The van der Waals surface area contributed by atoms with Crippen LogP contribution in [0, 0.1) is 6.92 Å². The van der Waals surface area contributed by atoms with Crippen molar-refractivity contribution in [2.24, 2.45) is 0 Å². The molecule has 19 heavy (non-hydrogen) atoms. The van der Waals surface area contributed by atoms with Gasteiger partial charge in [-0.3, -0.25) is 4.79 Å². The van der Waals surface area contributed by atoms with Gasteiger partial charge in [0.15, 0.2) is 0 Å². The average molecular weight is 326 g/mol. The molecular formula is C14H16BrNO3. The smallest absolute Gasteiger partial charge is 0.318 e. The molecule has 0 amide bonds. The molecule has 0 spiro atoms. The maximum absolute atomic E-state index is 11.7. The van der Waals surface area contributed by atoms with Gasteiger partial charge in [-0.2, -0.15) is 0 Å². The normalized spacial score (nSPS) is 22.4. The van der Waals surface area contributed by atoms with E-state index in [1.165, 1.54) is 0 Å². The Hall–Kier alpha value is -1.07. The summed E-state index contributed by atoms with van der Waals surface area (Å²) in [7, 11) is 0. The van der Waals surface area contributed by atoms with Crippen molar-refractivity contribution in [3.05, 3.63) is 21.7 Å². The lowest BCUT2D eigenvalue weighted by Crippen LogP contribution is -2.36. The number of esters is 1. The number of nitrogens with zero attached hydrogens (tertiary/aromatic N) is 1. The van der Waals surface area contributed by atoms with E-state index in [2.05, 4.69) is 20.8 Å². The Kier molecular flexibility index (Phi) is 3.27. The van der Waals surface area contributed by atoms with Gasteiger partial charge in [0.2, 0.25) is 0 Å². The Labute approximate surface area is 120 Å². The third-order valence-electron chi connectivity index (χ3n) is 3.84. The lowest BCUT2D eigenvalue weighted by Gasteiger charge is -2.30. The highest BCUT2D eigenvalue weighted by molar-refractivity contribution is 9.10. The molecule has 1 fully saturated rings. The fraction of sp³-hybridized carbons (Fsp3) is 0.500. The molecule has 1 aromatic carbocycles. The minimum absolute atomic E-state index is 0.163. The van der Waals surface area contributed by atoms with Crippen LogP contribution in [-0.2, 0) is 9.53 Å². The molecule has 1 unspecified atom stereocenters. The molecule has 4 nitrogen and oxygen atoms in total. The van der Waals surface area contributed by atoms with Crippen LogP contribution in [-0.4, -0.2) is 32.3 Å².